The van der Waals surface area contributed by atoms with Crippen LogP contribution in [0.1, 0.15) is 46.8 Å². The van der Waals surface area contributed by atoms with Crippen LogP contribution in [0.5, 0.6) is 5.75 Å². The summed E-state index contributed by atoms with van der Waals surface area (Å²) in [6.07, 6.45) is 2.93. The van der Waals surface area contributed by atoms with Gasteiger partial charge in [-0.25, -0.2) is 0 Å². The van der Waals surface area contributed by atoms with E-state index >= 15 is 0 Å². The zero-order valence-electron chi connectivity index (χ0n) is 14.6. The lowest BCUT2D eigenvalue weighted by Gasteiger charge is -2.10. The van der Waals surface area contributed by atoms with Crippen molar-refractivity contribution in [1.29, 1.82) is 0 Å². The highest BCUT2D eigenvalue weighted by molar-refractivity contribution is 6.07. The minimum absolute atomic E-state index is 0.199. The second-order valence-corrected chi connectivity index (χ2v) is 6.09. The van der Waals surface area contributed by atoms with E-state index < -0.39 is 5.97 Å². The van der Waals surface area contributed by atoms with E-state index in [0.717, 1.165) is 5.56 Å². The van der Waals surface area contributed by atoms with Crippen molar-refractivity contribution in [2.45, 2.75) is 26.2 Å². The van der Waals surface area contributed by atoms with Crippen molar-refractivity contribution in [3.8, 4) is 5.75 Å². The van der Waals surface area contributed by atoms with Gasteiger partial charge in [-0.1, -0.05) is 44.2 Å². The van der Waals surface area contributed by atoms with Crippen molar-refractivity contribution in [3.05, 3.63) is 70.8 Å². The average Bonchev–Trinajstić information content (AvgIpc) is 2.59. The van der Waals surface area contributed by atoms with E-state index in [2.05, 4.69) is 13.8 Å². The van der Waals surface area contributed by atoms with E-state index in [-0.39, 0.29) is 12.2 Å². The topological polar surface area (TPSA) is 66.4 Å². The number of carbonyl (C=O) groups excluding carboxylic acids is 2. The predicted molar refractivity (Wildman–Crippen MR) is 95.6 cm³/mol. The fraction of sp³-hybridized carbons (Fsp3) is 0.238. The summed E-state index contributed by atoms with van der Waals surface area (Å²) >= 11 is 0. The van der Waals surface area contributed by atoms with Gasteiger partial charge in [0.15, 0.2) is 5.78 Å². The molecule has 0 amide bonds. The number of hydrogen-bond acceptors (Lipinski definition) is 4. The summed E-state index contributed by atoms with van der Waals surface area (Å²) in [5.41, 5.74) is 3.00. The van der Waals surface area contributed by atoms with Gasteiger partial charge in [-0.3, -0.25) is 4.79 Å². The lowest BCUT2D eigenvalue weighted by molar-refractivity contribution is -0.304. The number of hydrogen-bond donors (Lipinski definition) is 0. The number of rotatable bonds is 7. The van der Waals surface area contributed by atoms with Gasteiger partial charge in [0.25, 0.3) is 0 Å². The molecular formula is C21H21O4-. The summed E-state index contributed by atoms with van der Waals surface area (Å²) in [6.45, 7) is 4.25. The van der Waals surface area contributed by atoms with E-state index in [1.807, 2.05) is 24.3 Å². The number of carbonyl (C=O) groups is 2. The van der Waals surface area contributed by atoms with Crippen molar-refractivity contribution in [2.24, 2.45) is 0 Å². The van der Waals surface area contributed by atoms with Crippen LogP contribution in [0.25, 0.3) is 6.08 Å². The van der Waals surface area contributed by atoms with Crippen LogP contribution < -0.4 is 9.84 Å². The predicted octanol–water partition coefficient (Wildman–Crippen LogP) is 3.01. The van der Waals surface area contributed by atoms with Crippen LogP contribution in [0.2, 0.25) is 0 Å². The second-order valence-electron chi connectivity index (χ2n) is 6.09. The van der Waals surface area contributed by atoms with E-state index in [1.165, 1.54) is 24.8 Å². The van der Waals surface area contributed by atoms with Gasteiger partial charge >= 0.3 is 0 Å². The van der Waals surface area contributed by atoms with E-state index in [1.54, 1.807) is 18.2 Å². The Hall–Kier alpha value is -2.88. The summed E-state index contributed by atoms with van der Waals surface area (Å²) in [5.74, 6) is -0.533. The Morgan fingerprint density at radius 3 is 2.36 bits per heavy atom. The Morgan fingerprint density at radius 1 is 1.12 bits per heavy atom. The minimum Gasteiger partial charge on any atom is -0.550 e. The number of ether oxygens (including phenoxy) is 1. The maximum atomic E-state index is 12.3. The summed E-state index contributed by atoms with van der Waals surface area (Å²) in [6, 6.07) is 12.8. The van der Waals surface area contributed by atoms with Crippen LogP contribution in [-0.2, 0) is 11.2 Å². The molecule has 130 valence electrons. The first-order valence-corrected chi connectivity index (χ1v) is 8.10. The third kappa shape index (κ3) is 5.05. The van der Waals surface area contributed by atoms with Crippen LogP contribution in [0.4, 0.5) is 0 Å². The lowest BCUT2D eigenvalue weighted by Crippen LogP contribution is -2.24. The molecule has 0 N–H and O–H groups in total. The van der Waals surface area contributed by atoms with Crippen LogP contribution in [0.3, 0.4) is 0 Å². The maximum Gasteiger partial charge on any atom is 0.185 e. The van der Waals surface area contributed by atoms with Gasteiger partial charge in [-0.15, -0.1) is 0 Å². The van der Waals surface area contributed by atoms with Crippen LogP contribution in [-0.4, -0.2) is 18.9 Å². The highest BCUT2D eigenvalue weighted by Gasteiger charge is 2.09. The van der Waals surface area contributed by atoms with Gasteiger partial charge in [0.05, 0.1) is 7.11 Å². The van der Waals surface area contributed by atoms with Gasteiger partial charge in [0, 0.05) is 23.5 Å². The number of ketones is 1. The summed E-state index contributed by atoms with van der Waals surface area (Å²) in [5, 5.41) is 10.8. The van der Waals surface area contributed by atoms with Gasteiger partial charge < -0.3 is 14.6 Å². The number of benzene rings is 2. The molecule has 4 nitrogen and oxygen atoms in total. The zero-order valence-corrected chi connectivity index (χ0v) is 14.6. The molecule has 2 aromatic carbocycles. The number of aliphatic carboxylic acids is 1. The second kappa shape index (κ2) is 8.29. The molecule has 0 atom stereocenters. The molecule has 0 bridgehead atoms. The number of allylic oxidation sites excluding steroid dienone is 1. The van der Waals surface area contributed by atoms with Gasteiger partial charge in [-0.05, 0) is 41.3 Å². The number of carboxylic acid groups (broad SMARTS) is 1. The smallest absolute Gasteiger partial charge is 0.185 e. The molecule has 2 aromatic rings. The van der Waals surface area contributed by atoms with E-state index in [0.29, 0.717) is 22.8 Å². The average molecular weight is 337 g/mol. The molecule has 0 aliphatic heterocycles. The van der Waals surface area contributed by atoms with Crippen molar-refractivity contribution in [2.75, 3.05) is 7.11 Å². The van der Waals surface area contributed by atoms with Gasteiger partial charge in [0.1, 0.15) is 5.75 Å². The number of methoxy groups -OCH3 is 1. The third-order valence-electron chi connectivity index (χ3n) is 3.93. The first kappa shape index (κ1) is 18.5. The number of carboxylic acids is 1. The van der Waals surface area contributed by atoms with Gasteiger partial charge in [-0.2, -0.15) is 0 Å². The highest BCUT2D eigenvalue weighted by atomic mass is 16.5. The molecule has 0 saturated heterocycles. The Labute approximate surface area is 147 Å². The van der Waals surface area contributed by atoms with Crippen LogP contribution in [0.15, 0.2) is 48.5 Å². The molecule has 0 fully saturated rings. The Balaban J connectivity index is 2.18. The molecule has 0 aliphatic rings. The summed E-state index contributed by atoms with van der Waals surface area (Å²) < 4.78 is 5.12. The molecule has 0 heterocycles. The minimum atomic E-state index is -1.22. The van der Waals surface area contributed by atoms with Crippen molar-refractivity contribution in [1.82, 2.24) is 0 Å². The third-order valence-corrected chi connectivity index (χ3v) is 3.93. The van der Waals surface area contributed by atoms with Crippen LogP contribution in [0, 0.1) is 0 Å². The van der Waals surface area contributed by atoms with Crippen molar-refractivity contribution in [3.63, 3.8) is 0 Å². The van der Waals surface area contributed by atoms with Crippen molar-refractivity contribution < 1.29 is 19.4 Å². The standard InChI is InChI=1S/C21H22O4/c1-14(2)16-7-4-15(5-8-16)6-10-19(22)17-9-11-20(25-3)18(12-17)13-21(23)24/h4-12,14H,13H2,1-3H3,(H,23,24)/p-1/b10-6+. The summed E-state index contributed by atoms with van der Waals surface area (Å²) in [4.78, 5) is 23.2. The molecule has 0 aromatic heterocycles. The fourth-order valence-corrected chi connectivity index (χ4v) is 2.49. The Kier molecular flexibility index (Phi) is 6.12. The normalized spacial score (nSPS) is 11.0. The quantitative estimate of drug-likeness (QED) is 0.575. The molecule has 25 heavy (non-hydrogen) atoms. The van der Waals surface area contributed by atoms with E-state index in [9.17, 15) is 14.7 Å². The lowest BCUT2D eigenvalue weighted by atomic mass is 10.0. The molecule has 0 radical (unpaired) electrons. The Morgan fingerprint density at radius 2 is 1.80 bits per heavy atom. The first-order chi connectivity index (χ1) is 11.9. The first-order valence-electron chi connectivity index (χ1n) is 8.10. The molecule has 4 heteroatoms. The molecule has 2 rings (SSSR count). The van der Waals surface area contributed by atoms with Gasteiger partial charge in [0.2, 0.25) is 0 Å². The molecule has 0 spiro atoms. The fourth-order valence-electron chi connectivity index (χ4n) is 2.49. The summed E-state index contributed by atoms with van der Waals surface area (Å²) in [7, 11) is 1.45. The largest absolute Gasteiger partial charge is 0.550 e. The zero-order chi connectivity index (χ0) is 18.4. The maximum absolute atomic E-state index is 12.3. The highest BCUT2D eigenvalue weighted by Crippen LogP contribution is 2.21. The monoisotopic (exact) mass is 337 g/mol. The molecular weight excluding hydrogens is 316 g/mol. The van der Waals surface area contributed by atoms with Crippen LogP contribution >= 0.6 is 0 Å². The molecule has 0 aliphatic carbocycles. The Bertz CT molecular complexity index is 786. The SMILES string of the molecule is COc1ccc(C(=O)/C=C/c2ccc(C(C)C)cc2)cc1CC(=O)[O-]. The van der Waals surface area contributed by atoms with E-state index in [4.69, 9.17) is 4.74 Å². The van der Waals surface area contributed by atoms with Crippen molar-refractivity contribution >= 4 is 17.8 Å². The molecule has 0 unspecified atom stereocenters. The molecule has 0 saturated carbocycles.